The van der Waals surface area contributed by atoms with Crippen molar-refractivity contribution < 1.29 is 9.47 Å². The zero-order valence-corrected chi connectivity index (χ0v) is 12.5. The first-order chi connectivity index (χ1) is 9.13. The van der Waals surface area contributed by atoms with Crippen LogP contribution in [0.5, 0.6) is 11.5 Å². The number of ether oxygens (including phenoxy) is 2. The summed E-state index contributed by atoms with van der Waals surface area (Å²) in [5.74, 6) is 1.21. The van der Waals surface area contributed by atoms with Crippen LogP contribution in [-0.2, 0) is 0 Å². The minimum absolute atomic E-state index is 0.486. The highest BCUT2D eigenvalue weighted by atomic mass is 35.5. The Kier molecular flexibility index (Phi) is 4.71. The van der Waals surface area contributed by atoms with E-state index in [4.69, 9.17) is 33.3 Å². The summed E-state index contributed by atoms with van der Waals surface area (Å²) < 4.78 is 10.5. The molecule has 19 heavy (non-hydrogen) atoms. The lowest BCUT2D eigenvalue weighted by Gasteiger charge is -2.28. The molecule has 104 valence electrons. The van der Waals surface area contributed by atoms with Crippen molar-refractivity contribution in [1.82, 2.24) is 5.32 Å². The van der Waals surface area contributed by atoms with Gasteiger partial charge in [0.1, 0.15) is 11.5 Å². The van der Waals surface area contributed by atoms with Crippen LogP contribution in [0.25, 0.3) is 0 Å². The zero-order chi connectivity index (χ0) is 13.8. The summed E-state index contributed by atoms with van der Waals surface area (Å²) in [6.07, 6.45) is 3.60. The van der Waals surface area contributed by atoms with Crippen LogP contribution in [0.15, 0.2) is 12.1 Å². The molecule has 4 nitrogen and oxygen atoms in total. The Hall–Kier alpha value is -1.20. The number of halogens is 1. The van der Waals surface area contributed by atoms with Crippen molar-refractivity contribution in [3.8, 4) is 11.5 Å². The third-order valence-corrected chi connectivity index (χ3v) is 3.68. The standard InChI is InChI=1S/C13H17ClN2O2S/c1-17-11-7-10(12(18-2)6-9(11)14)16-13(19)15-8-4-3-5-8/h6-8H,3-5H2,1-2H3,(H2,15,16,19). The zero-order valence-electron chi connectivity index (χ0n) is 11.0. The monoisotopic (exact) mass is 300 g/mol. The highest BCUT2D eigenvalue weighted by Gasteiger charge is 2.18. The van der Waals surface area contributed by atoms with E-state index >= 15 is 0 Å². The fourth-order valence-corrected chi connectivity index (χ4v) is 2.36. The molecule has 1 aromatic rings. The molecular formula is C13H17ClN2O2S. The molecule has 1 aliphatic carbocycles. The van der Waals surface area contributed by atoms with Gasteiger partial charge >= 0.3 is 0 Å². The van der Waals surface area contributed by atoms with Crippen LogP contribution < -0.4 is 20.1 Å². The molecule has 0 amide bonds. The van der Waals surface area contributed by atoms with E-state index in [0.29, 0.717) is 27.7 Å². The SMILES string of the molecule is COc1cc(NC(=S)NC2CCC2)c(OC)cc1Cl. The average Bonchev–Trinajstić information content (AvgIpc) is 2.35. The second-order valence-corrected chi connectivity index (χ2v) is 5.23. The molecule has 0 aromatic heterocycles. The predicted octanol–water partition coefficient (Wildman–Crippen LogP) is 3.20. The molecule has 0 aliphatic heterocycles. The molecule has 0 saturated heterocycles. The molecule has 0 heterocycles. The van der Waals surface area contributed by atoms with Crippen molar-refractivity contribution in [1.29, 1.82) is 0 Å². The van der Waals surface area contributed by atoms with E-state index in [0.717, 1.165) is 5.69 Å². The van der Waals surface area contributed by atoms with Gasteiger partial charge in [-0.05, 0) is 31.5 Å². The van der Waals surface area contributed by atoms with Crippen molar-refractivity contribution in [2.75, 3.05) is 19.5 Å². The normalized spacial score (nSPS) is 14.5. The first-order valence-corrected chi connectivity index (χ1v) is 6.91. The molecule has 0 radical (unpaired) electrons. The number of hydrogen-bond donors (Lipinski definition) is 2. The molecule has 1 fully saturated rings. The summed E-state index contributed by atoms with van der Waals surface area (Å²) >= 11 is 11.3. The van der Waals surface area contributed by atoms with E-state index in [9.17, 15) is 0 Å². The van der Waals surface area contributed by atoms with Gasteiger partial charge in [0.2, 0.25) is 0 Å². The Bertz CT molecular complexity index is 478. The Morgan fingerprint density at radius 1 is 1.26 bits per heavy atom. The lowest BCUT2D eigenvalue weighted by Crippen LogP contribution is -2.41. The average molecular weight is 301 g/mol. The van der Waals surface area contributed by atoms with Crippen LogP contribution in [0.1, 0.15) is 19.3 Å². The van der Waals surface area contributed by atoms with Gasteiger partial charge in [-0.2, -0.15) is 0 Å². The van der Waals surface area contributed by atoms with Gasteiger partial charge in [-0.25, -0.2) is 0 Å². The van der Waals surface area contributed by atoms with Gasteiger partial charge in [0, 0.05) is 18.2 Å². The van der Waals surface area contributed by atoms with Gasteiger partial charge in [-0.15, -0.1) is 0 Å². The van der Waals surface area contributed by atoms with Gasteiger partial charge in [-0.1, -0.05) is 11.6 Å². The number of nitrogens with one attached hydrogen (secondary N) is 2. The lowest BCUT2D eigenvalue weighted by molar-refractivity contribution is 0.384. The molecule has 0 unspecified atom stereocenters. The van der Waals surface area contributed by atoms with Gasteiger partial charge in [0.05, 0.1) is 24.9 Å². The van der Waals surface area contributed by atoms with Crippen molar-refractivity contribution in [2.24, 2.45) is 0 Å². The molecule has 1 saturated carbocycles. The number of anilines is 1. The van der Waals surface area contributed by atoms with E-state index in [1.165, 1.54) is 19.3 Å². The van der Waals surface area contributed by atoms with Gasteiger partial charge in [0.25, 0.3) is 0 Å². The number of hydrogen-bond acceptors (Lipinski definition) is 3. The van der Waals surface area contributed by atoms with Crippen LogP contribution in [0.4, 0.5) is 5.69 Å². The Morgan fingerprint density at radius 2 is 1.95 bits per heavy atom. The van der Waals surface area contributed by atoms with Crippen LogP contribution in [0.2, 0.25) is 5.02 Å². The van der Waals surface area contributed by atoms with E-state index in [-0.39, 0.29) is 0 Å². The summed E-state index contributed by atoms with van der Waals surface area (Å²) in [7, 11) is 3.16. The smallest absolute Gasteiger partial charge is 0.171 e. The maximum Gasteiger partial charge on any atom is 0.171 e. The lowest BCUT2D eigenvalue weighted by atomic mass is 9.93. The molecule has 2 rings (SSSR count). The van der Waals surface area contributed by atoms with Gasteiger partial charge in [-0.3, -0.25) is 0 Å². The van der Waals surface area contributed by atoms with Crippen LogP contribution in [0.3, 0.4) is 0 Å². The van der Waals surface area contributed by atoms with Gasteiger partial charge in [0.15, 0.2) is 5.11 Å². The predicted molar refractivity (Wildman–Crippen MR) is 81.6 cm³/mol. The largest absolute Gasteiger partial charge is 0.495 e. The Balaban J connectivity index is 2.10. The fourth-order valence-electron chi connectivity index (χ4n) is 1.85. The summed E-state index contributed by atoms with van der Waals surface area (Å²) in [4.78, 5) is 0. The van der Waals surface area contributed by atoms with E-state index < -0.39 is 0 Å². The number of benzene rings is 1. The van der Waals surface area contributed by atoms with Crippen molar-refractivity contribution >= 4 is 34.6 Å². The number of methoxy groups -OCH3 is 2. The third kappa shape index (κ3) is 3.42. The maximum absolute atomic E-state index is 6.05. The topological polar surface area (TPSA) is 42.5 Å². The first kappa shape index (κ1) is 14.2. The Labute approximate surface area is 123 Å². The summed E-state index contributed by atoms with van der Waals surface area (Å²) in [5, 5.41) is 7.47. The molecule has 0 atom stereocenters. The van der Waals surface area contributed by atoms with Crippen LogP contribution in [-0.4, -0.2) is 25.4 Å². The molecule has 1 aromatic carbocycles. The second-order valence-electron chi connectivity index (χ2n) is 4.41. The molecular weight excluding hydrogens is 284 g/mol. The minimum Gasteiger partial charge on any atom is -0.495 e. The highest BCUT2D eigenvalue weighted by molar-refractivity contribution is 7.80. The fraction of sp³-hybridized carbons (Fsp3) is 0.462. The molecule has 1 aliphatic rings. The summed E-state index contributed by atoms with van der Waals surface area (Å²) in [6.45, 7) is 0. The number of rotatable bonds is 4. The third-order valence-electron chi connectivity index (χ3n) is 3.16. The Morgan fingerprint density at radius 3 is 2.47 bits per heavy atom. The quantitative estimate of drug-likeness (QED) is 0.836. The van der Waals surface area contributed by atoms with Crippen molar-refractivity contribution in [2.45, 2.75) is 25.3 Å². The van der Waals surface area contributed by atoms with Crippen molar-refractivity contribution in [3.05, 3.63) is 17.2 Å². The molecule has 0 spiro atoms. The second kappa shape index (κ2) is 6.30. The summed E-state index contributed by atoms with van der Waals surface area (Å²) in [6, 6.07) is 3.96. The first-order valence-electron chi connectivity index (χ1n) is 6.13. The van der Waals surface area contributed by atoms with Crippen LogP contribution >= 0.6 is 23.8 Å². The molecule has 6 heteroatoms. The van der Waals surface area contributed by atoms with E-state index in [1.54, 1.807) is 26.4 Å². The van der Waals surface area contributed by atoms with Crippen LogP contribution in [0, 0.1) is 0 Å². The summed E-state index contributed by atoms with van der Waals surface area (Å²) in [5.41, 5.74) is 0.737. The molecule has 0 bridgehead atoms. The highest BCUT2D eigenvalue weighted by Crippen LogP contribution is 2.35. The van der Waals surface area contributed by atoms with Gasteiger partial charge < -0.3 is 20.1 Å². The molecule has 2 N–H and O–H groups in total. The van der Waals surface area contributed by atoms with E-state index in [1.807, 2.05) is 0 Å². The van der Waals surface area contributed by atoms with Crippen molar-refractivity contribution in [3.63, 3.8) is 0 Å². The number of thiocarbonyl (C=S) groups is 1. The van der Waals surface area contributed by atoms with E-state index in [2.05, 4.69) is 10.6 Å². The minimum atomic E-state index is 0.486. The maximum atomic E-state index is 6.05.